The van der Waals surface area contributed by atoms with Crippen molar-refractivity contribution in [3.05, 3.63) is 42.0 Å². The van der Waals surface area contributed by atoms with Crippen LogP contribution < -0.4 is 0 Å². The summed E-state index contributed by atoms with van der Waals surface area (Å²) in [7, 11) is 0. The first-order valence-electron chi connectivity index (χ1n) is 3.39. The Morgan fingerprint density at radius 1 is 1.09 bits per heavy atom. The van der Waals surface area contributed by atoms with Crippen molar-refractivity contribution in [1.29, 1.82) is 0 Å². The van der Waals surface area contributed by atoms with E-state index in [1.165, 1.54) is 5.56 Å². The van der Waals surface area contributed by atoms with Gasteiger partial charge in [0.2, 0.25) is 0 Å². The number of hydrogen-bond donors (Lipinski definition) is 0. The van der Waals surface area contributed by atoms with E-state index in [9.17, 15) is 0 Å². The monoisotopic (exact) mass is 261 g/mol. The van der Waals surface area contributed by atoms with Crippen LogP contribution in [0.2, 0.25) is 0 Å². The minimum absolute atomic E-state index is 0.297. The van der Waals surface area contributed by atoms with Gasteiger partial charge in [0, 0.05) is 0 Å². The molecule has 2 heteroatoms. The summed E-state index contributed by atoms with van der Waals surface area (Å²) in [6.45, 7) is 0. The van der Waals surface area contributed by atoms with Gasteiger partial charge in [-0.1, -0.05) is 0 Å². The molecule has 1 nitrogen and oxygen atoms in total. The maximum atomic E-state index is 5.47. The SMILES string of the molecule is C1=[Te]OC(c2ccccc2)=C1. The topological polar surface area (TPSA) is 9.23 Å². The molecule has 0 saturated carbocycles. The van der Waals surface area contributed by atoms with E-state index in [2.05, 4.69) is 22.3 Å². The predicted octanol–water partition coefficient (Wildman–Crippen LogP) is 1.48. The van der Waals surface area contributed by atoms with Crippen LogP contribution in [0, 0.1) is 0 Å². The van der Waals surface area contributed by atoms with Gasteiger partial charge in [-0.3, -0.25) is 0 Å². The van der Waals surface area contributed by atoms with Gasteiger partial charge in [-0.05, 0) is 0 Å². The molecule has 1 aromatic carbocycles. The van der Waals surface area contributed by atoms with Crippen molar-refractivity contribution in [1.82, 2.24) is 0 Å². The fraction of sp³-hybridized carbons (Fsp3) is 0. The molecule has 1 aromatic rings. The van der Waals surface area contributed by atoms with Crippen LogP contribution in [0.5, 0.6) is 0 Å². The van der Waals surface area contributed by atoms with Crippen LogP contribution >= 0.6 is 0 Å². The molecule has 0 saturated heterocycles. The second kappa shape index (κ2) is 3.21. The third kappa shape index (κ3) is 1.53. The van der Waals surface area contributed by atoms with Gasteiger partial charge in [-0.15, -0.1) is 0 Å². The van der Waals surface area contributed by atoms with Crippen LogP contribution in [-0.4, -0.2) is 24.9 Å². The van der Waals surface area contributed by atoms with E-state index in [1.54, 1.807) is 0 Å². The van der Waals surface area contributed by atoms with E-state index in [1.807, 2.05) is 18.2 Å². The normalized spacial score (nSPS) is 14.4. The molecule has 55 valence electrons. The Hall–Kier alpha value is -0.580. The molecule has 0 bridgehead atoms. The molecule has 0 unspecified atom stereocenters. The van der Waals surface area contributed by atoms with Crippen molar-refractivity contribution in [3.8, 4) is 0 Å². The minimum atomic E-state index is -0.297. The third-order valence-electron chi connectivity index (χ3n) is 1.47. The summed E-state index contributed by atoms with van der Waals surface area (Å²) in [5.74, 6) is 1.04. The first-order chi connectivity index (χ1) is 5.47. The van der Waals surface area contributed by atoms with Gasteiger partial charge in [0.1, 0.15) is 0 Å². The summed E-state index contributed by atoms with van der Waals surface area (Å²) in [4.78, 5) is 0. The Kier molecular flexibility index (Phi) is 2.07. The van der Waals surface area contributed by atoms with Crippen LogP contribution in [0.25, 0.3) is 5.76 Å². The quantitative estimate of drug-likeness (QED) is 0.694. The molecule has 11 heavy (non-hydrogen) atoms. The summed E-state index contributed by atoms with van der Waals surface area (Å²) in [5, 5.41) is 0. The van der Waals surface area contributed by atoms with E-state index in [0.29, 0.717) is 0 Å². The van der Waals surface area contributed by atoms with Crippen molar-refractivity contribution in [3.63, 3.8) is 0 Å². The first kappa shape index (κ1) is 7.09. The van der Waals surface area contributed by atoms with Crippen molar-refractivity contribution in [2.24, 2.45) is 0 Å². The molecule has 0 N–H and O–H groups in total. The molecule has 0 aliphatic carbocycles. The Balaban J connectivity index is 2.31. The van der Waals surface area contributed by atoms with Crippen LogP contribution in [0.1, 0.15) is 5.56 Å². The van der Waals surface area contributed by atoms with E-state index in [0.717, 1.165) is 5.76 Å². The molecule has 1 aliphatic heterocycles. The van der Waals surface area contributed by atoms with Gasteiger partial charge in [-0.25, -0.2) is 0 Å². The average molecular weight is 259 g/mol. The molecular formula is C9H7OTe. The summed E-state index contributed by atoms with van der Waals surface area (Å²) in [5.41, 5.74) is 1.19. The number of allylic oxidation sites excluding steroid dienone is 1. The summed E-state index contributed by atoms with van der Waals surface area (Å²) >= 11 is -0.297. The van der Waals surface area contributed by atoms with Gasteiger partial charge in [0.25, 0.3) is 0 Å². The van der Waals surface area contributed by atoms with Crippen molar-refractivity contribution < 1.29 is 3.10 Å². The molecule has 1 aliphatic rings. The third-order valence-corrected chi connectivity index (χ3v) is 2.96. The van der Waals surface area contributed by atoms with Gasteiger partial charge >= 0.3 is 75.7 Å². The van der Waals surface area contributed by atoms with Crippen LogP contribution in [-0.2, 0) is 3.10 Å². The molecule has 1 radical (unpaired) electrons. The molecule has 2 rings (SSSR count). The summed E-state index contributed by atoms with van der Waals surface area (Å²) < 4.78 is 7.62. The van der Waals surface area contributed by atoms with E-state index >= 15 is 0 Å². The fourth-order valence-electron chi connectivity index (χ4n) is 0.944. The Morgan fingerprint density at radius 3 is 2.55 bits per heavy atom. The Morgan fingerprint density at radius 2 is 1.91 bits per heavy atom. The number of hydrogen-bond acceptors (Lipinski definition) is 1. The molecule has 0 fully saturated rings. The predicted molar refractivity (Wildman–Crippen MR) is 47.3 cm³/mol. The first-order valence-corrected chi connectivity index (χ1v) is 5.69. The molecular weight excluding hydrogens is 252 g/mol. The fourth-order valence-corrected chi connectivity index (χ4v) is 2.34. The van der Waals surface area contributed by atoms with E-state index in [4.69, 9.17) is 3.10 Å². The van der Waals surface area contributed by atoms with Crippen molar-refractivity contribution >= 4 is 30.7 Å². The van der Waals surface area contributed by atoms with Crippen LogP contribution in [0.4, 0.5) is 0 Å². The summed E-state index contributed by atoms with van der Waals surface area (Å²) in [6.07, 6.45) is 2.07. The average Bonchev–Trinajstić information content (AvgIpc) is 2.58. The van der Waals surface area contributed by atoms with Gasteiger partial charge in [-0.2, -0.15) is 0 Å². The molecule has 0 amide bonds. The standard InChI is InChI=1S/C9H7OTe/c1-2-4-8(5-3-1)9-6-7-11-10-9/h1-7H. The molecule has 1 heterocycles. The van der Waals surface area contributed by atoms with Crippen molar-refractivity contribution in [2.45, 2.75) is 0 Å². The van der Waals surface area contributed by atoms with Crippen LogP contribution in [0.15, 0.2) is 36.4 Å². The number of rotatable bonds is 1. The van der Waals surface area contributed by atoms with E-state index in [-0.39, 0.29) is 20.9 Å². The summed E-state index contributed by atoms with van der Waals surface area (Å²) in [6, 6.07) is 10.2. The van der Waals surface area contributed by atoms with Gasteiger partial charge in [0.15, 0.2) is 0 Å². The second-order valence-corrected chi connectivity index (χ2v) is 4.01. The zero-order chi connectivity index (χ0) is 7.52. The second-order valence-electron chi connectivity index (χ2n) is 2.21. The van der Waals surface area contributed by atoms with Crippen LogP contribution in [0.3, 0.4) is 0 Å². The zero-order valence-electron chi connectivity index (χ0n) is 5.86. The van der Waals surface area contributed by atoms with Gasteiger partial charge < -0.3 is 0 Å². The number of benzene rings is 1. The molecule has 0 atom stereocenters. The zero-order valence-corrected chi connectivity index (χ0v) is 8.19. The maximum absolute atomic E-state index is 5.47. The van der Waals surface area contributed by atoms with Crippen molar-refractivity contribution in [2.75, 3.05) is 0 Å². The molecule has 0 spiro atoms. The molecule has 0 aromatic heterocycles. The van der Waals surface area contributed by atoms with E-state index < -0.39 is 0 Å². The Bertz CT molecular complexity index is 301. The van der Waals surface area contributed by atoms with Gasteiger partial charge in [0.05, 0.1) is 0 Å². The Labute approximate surface area is 75.8 Å².